The lowest BCUT2D eigenvalue weighted by molar-refractivity contribution is 0.627. The summed E-state index contributed by atoms with van der Waals surface area (Å²) in [6.45, 7) is 4.60. The summed E-state index contributed by atoms with van der Waals surface area (Å²) in [5.41, 5.74) is 2.04. The molecule has 0 radical (unpaired) electrons. The Labute approximate surface area is 124 Å². The van der Waals surface area contributed by atoms with Crippen LogP contribution in [0.3, 0.4) is 0 Å². The van der Waals surface area contributed by atoms with Gasteiger partial charge in [0, 0.05) is 36.0 Å². The van der Waals surface area contributed by atoms with Crippen molar-refractivity contribution in [3.63, 3.8) is 0 Å². The summed E-state index contributed by atoms with van der Waals surface area (Å²) in [6.07, 6.45) is 0. The first-order valence-corrected chi connectivity index (χ1v) is 7.07. The number of halogens is 2. The van der Waals surface area contributed by atoms with Crippen molar-refractivity contribution >= 4 is 23.0 Å². The molecule has 0 bridgehead atoms. The van der Waals surface area contributed by atoms with Gasteiger partial charge in [-0.15, -0.1) is 0 Å². The number of hydrogen-bond acceptors (Lipinski definition) is 2. The van der Waals surface area contributed by atoms with Gasteiger partial charge in [0.1, 0.15) is 5.82 Å². The first-order valence-electron chi connectivity index (χ1n) is 6.69. The zero-order valence-electron chi connectivity index (χ0n) is 11.4. The number of benzene rings is 2. The van der Waals surface area contributed by atoms with Crippen LogP contribution in [0.4, 0.5) is 15.8 Å². The van der Waals surface area contributed by atoms with E-state index >= 15 is 0 Å². The van der Waals surface area contributed by atoms with Crippen molar-refractivity contribution in [2.45, 2.75) is 6.92 Å². The molecule has 0 fully saturated rings. The molecule has 2 aromatic carbocycles. The highest BCUT2D eigenvalue weighted by atomic mass is 35.5. The number of hydrogen-bond donors (Lipinski definition) is 1. The van der Waals surface area contributed by atoms with E-state index in [-0.39, 0.29) is 5.82 Å². The van der Waals surface area contributed by atoms with Crippen molar-refractivity contribution in [1.29, 1.82) is 0 Å². The van der Waals surface area contributed by atoms with Crippen LogP contribution in [0.2, 0.25) is 5.02 Å². The lowest BCUT2D eigenvalue weighted by Gasteiger charge is -2.23. The van der Waals surface area contributed by atoms with E-state index in [0.29, 0.717) is 0 Å². The van der Waals surface area contributed by atoms with E-state index < -0.39 is 0 Å². The van der Waals surface area contributed by atoms with E-state index in [1.807, 2.05) is 24.3 Å². The predicted molar refractivity (Wildman–Crippen MR) is 84.2 cm³/mol. The molecule has 0 atom stereocenters. The summed E-state index contributed by atoms with van der Waals surface area (Å²) in [5.74, 6) is -0.207. The smallest absolute Gasteiger partial charge is 0.123 e. The van der Waals surface area contributed by atoms with E-state index in [1.165, 1.54) is 12.1 Å². The summed E-state index contributed by atoms with van der Waals surface area (Å²) in [5, 5.41) is 4.05. The molecule has 0 saturated carbocycles. The Bertz CT molecular complexity index is 542. The van der Waals surface area contributed by atoms with Gasteiger partial charge < -0.3 is 10.2 Å². The molecule has 106 valence electrons. The van der Waals surface area contributed by atoms with Gasteiger partial charge in [-0.3, -0.25) is 0 Å². The Morgan fingerprint density at radius 3 is 2.55 bits per heavy atom. The van der Waals surface area contributed by atoms with Gasteiger partial charge in [0.25, 0.3) is 0 Å². The number of likely N-dealkylation sites (N-methyl/N-ethyl adjacent to an activating group) is 1. The number of nitrogens with zero attached hydrogens (tertiary/aromatic N) is 1. The van der Waals surface area contributed by atoms with Gasteiger partial charge in [0.2, 0.25) is 0 Å². The predicted octanol–water partition coefficient (Wildman–Crippen LogP) is 4.42. The van der Waals surface area contributed by atoms with Gasteiger partial charge in [-0.1, -0.05) is 17.7 Å². The molecule has 0 saturated heterocycles. The van der Waals surface area contributed by atoms with Gasteiger partial charge >= 0.3 is 0 Å². The van der Waals surface area contributed by atoms with Gasteiger partial charge in [0.05, 0.1) is 0 Å². The molecule has 2 rings (SSSR count). The SMILES string of the molecule is CCN(CCNc1cccc(Cl)c1)c1ccc(F)cc1. The van der Waals surface area contributed by atoms with E-state index in [9.17, 15) is 4.39 Å². The van der Waals surface area contributed by atoms with Gasteiger partial charge in [-0.05, 0) is 49.4 Å². The molecule has 0 amide bonds. The van der Waals surface area contributed by atoms with Crippen LogP contribution in [-0.4, -0.2) is 19.6 Å². The van der Waals surface area contributed by atoms with Crippen molar-refractivity contribution in [2.24, 2.45) is 0 Å². The molecule has 0 heterocycles. The third-order valence-corrected chi connectivity index (χ3v) is 3.34. The maximum atomic E-state index is 12.9. The fourth-order valence-electron chi connectivity index (χ4n) is 2.06. The van der Waals surface area contributed by atoms with Crippen LogP contribution in [0, 0.1) is 5.82 Å². The second kappa shape index (κ2) is 7.15. The third-order valence-electron chi connectivity index (χ3n) is 3.11. The van der Waals surface area contributed by atoms with Crippen molar-refractivity contribution in [1.82, 2.24) is 0 Å². The van der Waals surface area contributed by atoms with Gasteiger partial charge in [0.15, 0.2) is 0 Å². The van der Waals surface area contributed by atoms with Crippen molar-refractivity contribution in [3.8, 4) is 0 Å². The molecule has 0 aliphatic rings. The molecule has 0 unspecified atom stereocenters. The highest BCUT2D eigenvalue weighted by Gasteiger charge is 2.04. The minimum Gasteiger partial charge on any atom is -0.383 e. The van der Waals surface area contributed by atoms with E-state index in [4.69, 9.17) is 11.6 Å². The summed E-state index contributed by atoms with van der Waals surface area (Å²) >= 11 is 5.94. The maximum absolute atomic E-state index is 12.9. The summed E-state index contributed by atoms with van der Waals surface area (Å²) < 4.78 is 12.9. The maximum Gasteiger partial charge on any atom is 0.123 e. The minimum absolute atomic E-state index is 0.207. The van der Waals surface area contributed by atoms with E-state index in [1.54, 1.807) is 12.1 Å². The average Bonchev–Trinajstić information content (AvgIpc) is 2.45. The monoisotopic (exact) mass is 292 g/mol. The molecule has 2 aromatic rings. The molecule has 0 aromatic heterocycles. The second-order valence-electron chi connectivity index (χ2n) is 4.49. The second-order valence-corrected chi connectivity index (χ2v) is 4.93. The molecular formula is C16H18ClFN2. The molecule has 4 heteroatoms. The minimum atomic E-state index is -0.207. The lowest BCUT2D eigenvalue weighted by atomic mass is 10.2. The van der Waals surface area contributed by atoms with Crippen LogP contribution < -0.4 is 10.2 Å². The van der Waals surface area contributed by atoms with Crippen molar-refractivity contribution in [2.75, 3.05) is 29.9 Å². The van der Waals surface area contributed by atoms with Crippen LogP contribution >= 0.6 is 11.6 Å². The number of rotatable bonds is 6. The average molecular weight is 293 g/mol. The lowest BCUT2D eigenvalue weighted by Crippen LogP contribution is -2.28. The molecule has 1 N–H and O–H groups in total. The number of anilines is 2. The largest absolute Gasteiger partial charge is 0.383 e. The quantitative estimate of drug-likeness (QED) is 0.848. The normalized spacial score (nSPS) is 10.3. The first-order chi connectivity index (χ1) is 9.69. The van der Waals surface area contributed by atoms with E-state index in [2.05, 4.69) is 17.1 Å². The Hall–Kier alpha value is -1.74. The molecule has 0 aliphatic heterocycles. The molecular weight excluding hydrogens is 275 g/mol. The summed E-state index contributed by atoms with van der Waals surface area (Å²) in [4.78, 5) is 2.19. The molecule has 0 spiro atoms. The van der Waals surface area contributed by atoms with E-state index in [0.717, 1.165) is 36.0 Å². The van der Waals surface area contributed by atoms with Gasteiger partial charge in [-0.2, -0.15) is 0 Å². The number of nitrogens with one attached hydrogen (secondary N) is 1. The topological polar surface area (TPSA) is 15.3 Å². The molecule has 0 aliphatic carbocycles. The fourth-order valence-corrected chi connectivity index (χ4v) is 2.25. The van der Waals surface area contributed by atoms with Crippen LogP contribution in [-0.2, 0) is 0 Å². The van der Waals surface area contributed by atoms with Crippen LogP contribution in [0.1, 0.15) is 6.92 Å². The Kier molecular flexibility index (Phi) is 5.24. The summed E-state index contributed by atoms with van der Waals surface area (Å²) in [7, 11) is 0. The highest BCUT2D eigenvalue weighted by molar-refractivity contribution is 6.30. The molecule has 2 nitrogen and oxygen atoms in total. The van der Waals surface area contributed by atoms with Crippen LogP contribution in [0.15, 0.2) is 48.5 Å². The van der Waals surface area contributed by atoms with Gasteiger partial charge in [-0.25, -0.2) is 4.39 Å². The zero-order valence-corrected chi connectivity index (χ0v) is 12.2. The Morgan fingerprint density at radius 1 is 1.15 bits per heavy atom. The van der Waals surface area contributed by atoms with Crippen LogP contribution in [0.5, 0.6) is 0 Å². The van der Waals surface area contributed by atoms with Crippen molar-refractivity contribution in [3.05, 3.63) is 59.4 Å². The van der Waals surface area contributed by atoms with Crippen molar-refractivity contribution < 1.29 is 4.39 Å². The molecule has 20 heavy (non-hydrogen) atoms. The Morgan fingerprint density at radius 2 is 1.90 bits per heavy atom. The van der Waals surface area contributed by atoms with Crippen LogP contribution in [0.25, 0.3) is 0 Å². The summed E-state index contributed by atoms with van der Waals surface area (Å²) in [6, 6.07) is 14.2. The standard InChI is InChI=1S/C16H18ClFN2/c1-2-20(16-8-6-14(18)7-9-16)11-10-19-15-5-3-4-13(17)12-15/h3-9,12,19H,2,10-11H2,1H3. The zero-order chi connectivity index (χ0) is 14.4. The fraction of sp³-hybridized carbons (Fsp3) is 0.250. The first kappa shape index (κ1) is 14.7. The Balaban J connectivity index is 1.89. The highest BCUT2D eigenvalue weighted by Crippen LogP contribution is 2.16. The third kappa shape index (κ3) is 4.14.